The van der Waals surface area contributed by atoms with Crippen LogP contribution in [0, 0.1) is 11.7 Å². The second-order valence-corrected chi connectivity index (χ2v) is 21.2. The van der Waals surface area contributed by atoms with Crippen molar-refractivity contribution in [2.24, 2.45) is 5.92 Å². The molecule has 282 valence electrons. The molecule has 0 aromatic heterocycles. The number of fused-ring (bicyclic) bond motifs is 11. The molecule has 2 aliphatic carbocycles. The Balaban J connectivity index is 1.30. The Morgan fingerprint density at radius 3 is 2.15 bits per heavy atom. The zero-order valence-electron chi connectivity index (χ0n) is 29.7. The first-order valence-corrected chi connectivity index (χ1v) is 22.6. The Bertz CT molecular complexity index is 2200. The molecule has 4 amide bonds. The van der Waals surface area contributed by atoms with Gasteiger partial charge in [-0.25, -0.2) is 4.39 Å². The minimum Gasteiger partial charge on any atom is -0.457 e. The molecule has 9 aliphatic heterocycles. The SMILES string of the molecule is CC[C@@]12SS[C@]3(C(=O)N1C)[C@@H](O)[C@]1([C@@]45c6cc(F)ccc6N[C@@H]4N4C(=O)[C@]6(CC)SS[C@]4(C(=O)N6C)[C@H]5OC(=O)C4CC4)c4ccccc4C[C@@H]1N3C2=O. The second-order valence-electron chi connectivity index (χ2n) is 15.9. The van der Waals surface area contributed by atoms with E-state index in [1.807, 2.05) is 38.1 Å². The van der Waals surface area contributed by atoms with Gasteiger partial charge < -0.3 is 29.9 Å². The molecule has 2 aromatic carbocycles. The van der Waals surface area contributed by atoms with E-state index in [1.165, 1.54) is 70.0 Å². The average molecular weight is 810 g/mol. The fourth-order valence-electron chi connectivity index (χ4n) is 11.7. The van der Waals surface area contributed by atoms with Crippen molar-refractivity contribution in [1.29, 1.82) is 0 Å². The topological polar surface area (TPSA) is 140 Å². The van der Waals surface area contributed by atoms with E-state index in [9.17, 15) is 9.90 Å². The van der Waals surface area contributed by atoms with Gasteiger partial charge in [-0.15, -0.1) is 0 Å². The maximum Gasteiger partial charge on any atom is 0.309 e. The van der Waals surface area contributed by atoms with Crippen LogP contribution in [0.1, 0.15) is 56.2 Å². The van der Waals surface area contributed by atoms with Crippen LogP contribution in [0.3, 0.4) is 0 Å². The minimum absolute atomic E-state index is 0.223. The third kappa shape index (κ3) is 3.14. The van der Waals surface area contributed by atoms with Gasteiger partial charge >= 0.3 is 5.97 Å². The molecule has 8 saturated heterocycles. The molecule has 11 aliphatic rings. The molecule has 2 spiro atoms. The van der Waals surface area contributed by atoms with Crippen LogP contribution < -0.4 is 5.32 Å². The van der Waals surface area contributed by atoms with E-state index in [0.29, 0.717) is 36.1 Å². The summed E-state index contributed by atoms with van der Waals surface area (Å²) in [6.07, 6.45) is -2.35. The van der Waals surface area contributed by atoms with Gasteiger partial charge in [0, 0.05) is 19.8 Å². The summed E-state index contributed by atoms with van der Waals surface area (Å²) in [5.74, 6) is -3.16. The number of rotatable bonds is 5. The molecular formula is C37H36FN5O7S4. The zero-order chi connectivity index (χ0) is 37.7. The third-order valence-corrected chi connectivity index (χ3v) is 21.8. The summed E-state index contributed by atoms with van der Waals surface area (Å²) in [4.78, 5) is 74.9. The quantitative estimate of drug-likeness (QED) is 0.338. The van der Waals surface area contributed by atoms with Crippen LogP contribution in [0.5, 0.6) is 0 Å². The second kappa shape index (κ2) is 10.2. The van der Waals surface area contributed by atoms with Crippen molar-refractivity contribution in [2.75, 3.05) is 19.4 Å². The molecule has 0 unspecified atom stereocenters. The van der Waals surface area contributed by atoms with Gasteiger partial charge in [0.15, 0.2) is 15.8 Å². The lowest BCUT2D eigenvalue weighted by Crippen LogP contribution is -2.78. The van der Waals surface area contributed by atoms with Crippen molar-refractivity contribution in [3.8, 4) is 0 Å². The van der Waals surface area contributed by atoms with Crippen molar-refractivity contribution in [3.05, 3.63) is 65.0 Å². The molecule has 17 heteroatoms. The maximum atomic E-state index is 16.0. The van der Waals surface area contributed by atoms with Crippen LogP contribution in [0.25, 0.3) is 0 Å². The summed E-state index contributed by atoms with van der Waals surface area (Å²) in [6, 6.07) is 10.8. The monoisotopic (exact) mass is 809 g/mol. The minimum atomic E-state index is -1.85. The average Bonchev–Trinajstić information content (AvgIpc) is 3.79. The normalized spacial score (nSPS) is 43.2. The van der Waals surface area contributed by atoms with Gasteiger partial charge in [-0.05, 0) is 88.6 Å². The van der Waals surface area contributed by atoms with E-state index < -0.39 is 84.2 Å². The molecular weight excluding hydrogens is 774 g/mol. The molecule has 4 bridgehead atoms. The highest BCUT2D eigenvalue weighted by atomic mass is 33.1. The van der Waals surface area contributed by atoms with Gasteiger partial charge in [0.25, 0.3) is 23.6 Å². The van der Waals surface area contributed by atoms with Crippen molar-refractivity contribution in [2.45, 2.75) is 101 Å². The highest BCUT2D eigenvalue weighted by molar-refractivity contribution is 8.78. The molecule has 1 saturated carbocycles. The third-order valence-electron chi connectivity index (χ3n) is 14.2. The molecule has 2 N–H and O–H groups in total. The molecule has 54 heavy (non-hydrogen) atoms. The first-order valence-electron chi connectivity index (χ1n) is 18.3. The number of aliphatic hydroxyl groups is 1. The Labute approximate surface area is 325 Å². The number of ether oxygens (including phenoxy) is 1. The van der Waals surface area contributed by atoms with E-state index in [0.717, 1.165) is 5.56 Å². The number of esters is 1. The van der Waals surface area contributed by atoms with Gasteiger partial charge in [-0.2, -0.15) is 0 Å². The van der Waals surface area contributed by atoms with E-state index in [2.05, 4.69) is 5.32 Å². The van der Waals surface area contributed by atoms with Gasteiger partial charge in [0.05, 0.1) is 22.8 Å². The van der Waals surface area contributed by atoms with Crippen LogP contribution in [-0.4, -0.2) is 112 Å². The zero-order valence-corrected chi connectivity index (χ0v) is 32.9. The van der Waals surface area contributed by atoms with Gasteiger partial charge in [0.1, 0.15) is 18.1 Å². The smallest absolute Gasteiger partial charge is 0.309 e. The summed E-state index contributed by atoms with van der Waals surface area (Å²) < 4.78 is 22.8. The number of piperazine rings is 2. The molecule has 10 atom stereocenters. The lowest BCUT2D eigenvalue weighted by Gasteiger charge is -2.59. The molecule has 12 nitrogen and oxygen atoms in total. The number of amides is 4. The number of benzene rings is 2. The predicted octanol–water partition coefficient (Wildman–Crippen LogP) is 3.38. The Morgan fingerprint density at radius 1 is 0.852 bits per heavy atom. The summed E-state index contributed by atoms with van der Waals surface area (Å²) in [5, 5.41) is 17.3. The predicted molar refractivity (Wildman–Crippen MR) is 201 cm³/mol. The Kier molecular flexibility index (Phi) is 6.48. The maximum absolute atomic E-state index is 16.0. The van der Waals surface area contributed by atoms with Gasteiger partial charge in [-0.1, -0.05) is 59.7 Å². The number of hydrogen-bond acceptors (Lipinski definition) is 12. The Hall–Kier alpha value is -3.12. The Morgan fingerprint density at radius 2 is 1.48 bits per heavy atom. The van der Waals surface area contributed by atoms with Crippen LogP contribution in [0.4, 0.5) is 10.1 Å². The molecule has 9 fully saturated rings. The number of halogens is 1. The first-order chi connectivity index (χ1) is 25.8. The first kappa shape index (κ1) is 34.2. The van der Waals surface area contributed by atoms with Crippen molar-refractivity contribution in [3.63, 3.8) is 0 Å². The van der Waals surface area contributed by atoms with E-state index in [1.54, 1.807) is 25.1 Å². The highest BCUT2D eigenvalue weighted by Gasteiger charge is 2.93. The van der Waals surface area contributed by atoms with Gasteiger partial charge in [0.2, 0.25) is 9.74 Å². The van der Waals surface area contributed by atoms with Crippen molar-refractivity contribution < 1.29 is 38.2 Å². The van der Waals surface area contributed by atoms with Crippen LogP contribution >= 0.6 is 43.2 Å². The summed E-state index contributed by atoms with van der Waals surface area (Å²) in [6.45, 7) is 3.70. The van der Waals surface area contributed by atoms with Crippen LogP contribution in [0.15, 0.2) is 42.5 Å². The van der Waals surface area contributed by atoms with Gasteiger partial charge in [-0.3, -0.25) is 28.9 Å². The standard InChI is InChI=1S/C37H36FN5O7S4/c1-5-32-28(46)42-23-15-18-9-7-8-10-20(18)34(23,25(45)36(42,53-51-32)30(48)40(32)3)35-21-16-19(38)13-14-22(21)39-27(35)43-29(47)33(6-2)41(4)31(49)37(43,54-52-33)26(35)50-24(44)17-11-12-17/h7-10,13-14,16-17,23,25-27,39,45H,5-6,11-12,15H2,1-4H3/t23-,25-,26-,27+,32-,33-,34-,35+,36-,37-/m0/s1. The van der Waals surface area contributed by atoms with Crippen molar-refractivity contribution in [1.82, 2.24) is 19.6 Å². The number of aliphatic hydroxyl groups excluding tert-OH is 1. The summed E-state index contributed by atoms with van der Waals surface area (Å²) in [7, 11) is 8.04. The number of hydrogen-bond donors (Lipinski definition) is 2. The lowest BCUT2D eigenvalue weighted by molar-refractivity contribution is -0.174. The fraction of sp³-hybridized carbons (Fsp3) is 0.541. The summed E-state index contributed by atoms with van der Waals surface area (Å²) >= 11 is 0. The number of anilines is 1. The molecule has 9 heterocycles. The van der Waals surface area contributed by atoms with E-state index in [4.69, 9.17) is 4.74 Å². The van der Waals surface area contributed by atoms with E-state index >= 15 is 23.6 Å². The number of likely N-dealkylation sites (N-methyl/N-ethyl adjacent to an activating group) is 2. The van der Waals surface area contributed by atoms with Crippen LogP contribution in [-0.2, 0) is 46.0 Å². The molecule has 2 aromatic rings. The molecule has 0 radical (unpaired) electrons. The van der Waals surface area contributed by atoms with E-state index in [-0.39, 0.29) is 24.7 Å². The number of carbonyl (C=O) groups is 5. The largest absolute Gasteiger partial charge is 0.457 e. The number of nitrogens with zero attached hydrogens (tertiary/aromatic N) is 4. The number of carbonyl (C=O) groups excluding carboxylic acids is 5. The lowest BCUT2D eigenvalue weighted by atomic mass is 9.51. The van der Waals surface area contributed by atoms with Crippen molar-refractivity contribution >= 4 is 78.5 Å². The summed E-state index contributed by atoms with van der Waals surface area (Å²) in [5.41, 5.74) is -1.37. The fourth-order valence-corrected chi connectivity index (χ4v) is 19.6. The molecule has 13 rings (SSSR count). The number of nitrogens with one attached hydrogen (secondary N) is 1. The van der Waals surface area contributed by atoms with Crippen LogP contribution in [0.2, 0.25) is 0 Å². The highest BCUT2D eigenvalue weighted by Crippen LogP contribution is 2.79.